The smallest absolute Gasteiger partial charge is 0.319 e. The van der Waals surface area contributed by atoms with E-state index in [-0.39, 0.29) is 30.6 Å². The van der Waals surface area contributed by atoms with Crippen molar-refractivity contribution in [1.29, 1.82) is 5.26 Å². The minimum atomic E-state index is -0.570. The first-order valence-electron chi connectivity index (χ1n) is 8.76. The van der Waals surface area contributed by atoms with Crippen LogP contribution in [0.15, 0.2) is 24.3 Å². The molecule has 130 valence electrons. The summed E-state index contributed by atoms with van der Waals surface area (Å²) in [6, 6.07) is 8.73. The summed E-state index contributed by atoms with van der Waals surface area (Å²) >= 11 is 0. The number of aliphatic hydroxyl groups is 1. The van der Waals surface area contributed by atoms with Crippen molar-refractivity contribution in [3.05, 3.63) is 35.4 Å². The molecule has 2 N–H and O–H groups in total. The second kappa shape index (κ2) is 7.17. The Morgan fingerprint density at radius 2 is 2.04 bits per heavy atom. The Bertz CT molecular complexity index is 735. The highest BCUT2D eigenvalue weighted by molar-refractivity contribution is 5.77. The number of hydrogen-bond acceptors (Lipinski definition) is 3. The van der Waals surface area contributed by atoms with Crippen LogP contribution in [0.1, 0.15) is 43.7 Å². The SMILES string of the molecule is CC(C)NC(=O)N1[C@H](CO)[C@H](c2ccc(C#CC3CC3)cc2)[C@@H]1C#N. The maximum absolute atomic E-state index is 12.3. The molecule has 1 aliphatic heterocycles. The number of benzene rings is 1. The predicted molar refractivity (Wildman–Crippen MR) is 94.6 cm³/mol. The molecule has 0 radical (unpaired) electrons. The van der Waals surface area contributed by atoms with Gasteiger partial charge in [-0.2, -0.15) is 5.26 Å². The van der Waals surface area contributed by atoms with Gasteiger partial charge in [-0.1, -0.05) is 24.0 Å². The molecule has 3 atom stereocenters. The molecule has 1 aliphatic carbocycles. The molecular weight excluding hydrogens is 314 g/mol. The quantitative estimate of drug-likeness (QED) is 0.830. The van der Waals surface area contributed by atoms with Gasteiger partial charge < -0.3 is 15.3 Å². The van der Waals surface area contributed by atoms with E-state index in [1.807, 2.05) is 38.1 Å². The van der Waals surface area contributed by atoms with Gasteiger partial charge in [0.15, 0.2) is 0 Å². The molecule has 0 bridgehead atoms. The lowest BCUT2D eigenvalue weighted by atomic mass is 9.76. The average Bonchev–Trinajstić information content (AvgIpc) is 3.37. The molecular formula is C20H23N3O2. The van der Waals surface area contributed by atoms with Gasteiger partial charge in [-0.05, 0) is 44.4 Å². The van der Waals surface area contributed by atoms with Crippen molar-refractivity contribution in [2.45, 2.75) is 50.7 Å². The molecule has 0 aromatic heterocycles. The van der Waals surface area contributed by atoms with Crippen LogP contribution in [0, 0.1) is 29.1 Å². The number of nitrogens with zero attached hydrogens (tertiary/aromatic N) is 2. The number of rotatable bonds is 3. The summed E-state index contributed by atoms with van der Waals surface area (Å²) in [5, 5.41) is 22.0. The van der Waals surface area contributed by atoms with E-state index in [1.54, 1.807) is 0 Å². The average molecular weight is 337 g/mol. The number of carbonyl (C=O) groups is 1. The maximum Gasteiger partial charge on any atom is 0.319 e. The Labute approximate surface area is 148 Å². The van der Waals surface area contributed by atoms with E-state index in [1.165, 1.54) is 17.7 Å². The fourth-order valence-corrected chi connectivity index (χ4v) is 3.21. The lowest BCUT2D eigenvalue weighted by Crippen LogP contribution is -2.67. The number of nitrogens with one attached hydrogen (secondary N) is 1. The first kappa shape index (κ1) is 17.3. The molecule has 1 saturated heterocycles. The molecule has 5 heteroatoms. The van der Waals surface area contributed by atoms with Crippen molar-refractivity contribution >= 4 is 6.03 Å². The summed E-state index contributed by atoms with van der Waals surface area (Å²) in [5.74, 6) is 6.77. The van der Waals surface area contributed by atoms with Crippen LogP contribution in [0.2, 0.25) is 0 Å². The summed E-state index contributed by atoms with van der Waals surface area (Å²) in [4.78, 5) is 13.7. The molecule has 2 amide bonds. The van der Waals surface area contributed by atoms with E-state index < -0.39 is 6.04 Å². The molecule has 5 nitrogen and oxygen atoms in total. The van der Waals surface area contributed by atoms with Crippen LogP contribution in [0.25, 0.3) is 0 Å². The fraction of sp³-hybridized carbons (Fsp3) is 0.500. The second-order valence-corrected chi connectivity index (χ2v) is 7.03. The minimum absolute atomic E-state index is 0.0189. The Balaban J connectivity index is 1.76. The molecule has 25 heavy (non-hydrogen) atoms. The second-order valence-electron chi connectivity index (χ2n) is 7.03. The van der Waals surface area contributed by atoms with Gasteiger partial charge >= 0.3 is 6.03 Å². The van der Waals surface area contributed by atoms with E-state index in [2.05, 4.69) is 23.2 Å². The van der Waals surface area contributed by atoms with Gasteiger partial charge in [0.05, 0.1) is 18.7 Å². The highest BCUT2D eigenvalue weighted by atomic mass is 16.3. The first-order chi connectivity index (χ1) is 12.0. The largest absolute Gasteiger partial charge is 0.394 e. The maximum atomic E-state index is 12.3. The summed E-state index contributed by atoms with van der Waals surface area (Å²) < 4.78 is 0. The Hall–Kier alpha value is -2.50. The topological polar surface area (TPSA) is 76.4 Å². The lowest BCUT2D eigenvalue weighted by Gasteiger charge is -2.51. The zero-order chi connectivity index (χ0) is 18.0. The van der Waals surface area contributed by atoms with Crippen molar-refractivity contribution in [1.82, 2.24) is 10.2 Å². The zero-order valence-electron chi connectivity index (χ0n) is 14.6. The van der Waals surface area contributed by atoms with Crippen molar-refractivity contribution < 1.29 is 9.90 Å². The van der Waals surface area contributed by atoms with E-state index in [0.29, 0.717) is 5.92 Å². The molecule has 0 spiro atoms. The third-order valence-electron chi connectivity index (χ3n) is 4.67. The van der Waals surface area contributed by atoms with Gasteiger partial charge in [0.25, 0.3) is 0 Å². The van der Waals surface area contributed by atoms with Crippen LogP contribution >= 0.6 is 0 Å². The number of amides is 2. The van der Waals surface area contributed by atoms with Crippen molar-refractivity contribution in [3.63, 3.8) is 0 Å². The molecule has 1 aromatic carbocycles. The van der Waals surface area contributed by atoms with E-state index in [0.717, 1.165) is 11.1 Å². The van der Waals surface area contributed by atoms with Gasteiger partial charge in [-0.25, -0.2) is 4.79 Å². The standard InChI is InChI=1S/C20H23N3O2/c1-13(2)22-20(25)23-17(11-21)19(18(23)12-24)16-9-7-15(8-10-16)6-5-14-3-4-14/h7-10,13-14,17-19,24H,3-4,12H2,1-2H3,(H,22,25)/t17-,18+,19+/m0/s1. The van der Waals surface area contributed by atoms with Gasteiger partial charge in [0, 0.05) is 23.4 Å². The summed E-state index contributed by atoms with van der Waals surface area (Å²) in [6.45, 7) is 3.56. The number of urea groups is 1. The van der Waals surface area contributed by atoms with Crippen LogP contribution in [-0.4, -0.2) is 40.8 Å². The molecule has 1 saturated carbocycles. The summed E-state index contributed by atoms with van der Waals surface area (Å²) in [6.07, 6.45) is 2.40. The molecule has 3 rings (SSSR count). The number of aliphatic hydroxyl groups excluding tert-OH is 1. The first-order valence-corrected chi connectivity index (χ1v) is 8.76. The molecule has 2 aliphatic rings. The molecule has 0 unspecified atom stereocenters. The number of carbonyl (C=O) groups excluding carboxylic acids is 1. The van der Waals surface area contributed by atoms with E-state index in [9.17, 15) is 15.2 Å². The third-order valence-corrected chi connectivity index (χ3v) is 4.67. The molecule has 1 aromatic rings. The molecule has 2 fully saturated rings. The number of nitriles is 1. The van der Waals surface area contributed by atoms with E-state index >= 15 is 0 Å². The van der Waals surface area contributed by atoms with E-state index in [4.69, 9.17) is 0 Å². The van der Waals surface area contributed by atoms with Crippen molar-refractivity contribution in [2.75, 3.05) is 6.61 Å². The van der Waals surface area contributed by atoms with Gasteiger partial charge in [-0.3, -0.25) is 0 Å². The predicted octanol–water partition coefficient (Wildman–Crippen LogP) is 2.22. The third kappa shape index (κ3) is 3.62. The van der Waals surface area contributed by atoms with Crippen LogP contribution < -0.4 is 5.32 Å². The Morgan fingerprint density at radius 3 is 2.56 bits per heavy atom. The fourth-order valence-electron chi connectivity index (χ4n) is 3.21. The minimum Gasteiger partial charge on any atom is -0.394 e. The summed E-state index contributed by atoms with van der Waals surface area (Å²) in [5.41, 5.74) is 1.91. The lowest BCUT2D eigenvalue weighted by molar-refractivity contribution is 0.0162. The van der Waals surface area contributed by atoms with Gasteiger partial charge in [0.2, 0.25) is 0 Å². The number of likely N-dealkylation sites (tertiary alicyclic amines) is 1. The molecule has 1 heterocycles. The monoisotopic (exact) mass is 337 g/mol. The highest BCUT2D eigenvalue weighted by Gasteiger charge is 2.51. The van der Waals surface area contributed by atoms with Gasteiger partial charge in [0.1, 0.15) is 6.04 Å². The Morgan fingerprint density at radius 1 is 1.36 bits per heavy atom. The van der Waals surface area contributed by atoms with Crippen LogP contribution in [-0.2, 0) is 0 Å². The van der Waals surface area contributed by atoms with Crippen LogP contribution in [0.3, 0.4) is 0 Å². The van der Waals surface area contributed by atoms with Crippen LogP contribution in [0.4, 0.5) is 4.79 Å². The Kier molecular flexibility index (Phi) is 4.97. The number of hydrogen-bond donors (Lipinski definition) is 2. The summed E-state index contributed by atoms with van der Waals surface area (Å²) in [7, 11) is 0. The normalized spacial score (nSPS) is 24.8. The zero-order valence-corrected chi connectivity index (χ0v) is 14.6. The van der Waals surface area contributed by atoms with Crippen molar-refractivity contribution in [2.24, 2.45) is 5.92 Å². The van der Waals surface area contributed by atoms with Crippen molar-refractivity contribution in [3.8, 4) is 17.9 Å². The van der Waals surface area contributed by atoms with Crippen LogP contribution in [0.5, 0.6) is 0 Å². The van der Waals surface area contributed by atoms with Gasteiger partial charge in [-0.15, -0.1) is 0 Å². The highest BCUT2D eigenvalue weighted by Crippen LogP contribution is 2.40.